The number of amides is 2. The molecule has 1 saturated heterocycles. The van der Waals surface area contributed by atoms with E-state index in [4.69, 9.17) is 9.97 Å². The van der Waals surface area contributed by atoms with E-state index in [-0.39, 0.29) is 17.8 Å². The van der Waals surface area contributed by atoms with Gasteiger partial charge >= 0.3 is 6.03 Å². The predicted molar refractivity (Wildman–Crippen MR) is 113 cm³/mol. The van der Waals surface area contributed by atoms with Gasteiger partial charge in [-0.25, -0.2) is 19.2 Å². The Morgan fingerprint density at radius 3 is 2.38 bits per heavy atom. The first-order chi connectivity index (χ1) is 13.9. The van der Waals surface area contributed by atoms with Gasteiger partial charge in [0.15, 0.2) is 0 Å². The molecule has 0 atom stereocenters. The third-order valence-electron chi connectivity index (χ3n) is 5.16. The van der Waals surface area contributed by atoms with Gasteiger partial charge in [0.1, 0.15) is 17.5 Å². The highest BCUT2D eigenvalue weighted by Gasteiger charge is 2.25. The van der Waals surface area contributed by atoms with E-state index in [9.17, 15) is 9.18 Å². The van der Waals surface area contributed by atoms with Crippen molar-refractivity contribution in [1.29, 1.82) is 0 Å². The molecular weight excluding hydrogens is 369 g/mol. The molecular formula is C22H30FN5O. The average Bonchev–Trinajstić information content (AvgIpc) is 2.70. The molecule has 0 aliphatic carbocycles. The van der Waals surface area contributed by atoms with Crippen LogP contribution in [0.25, 0.3) is 0 Å². The predicted octanol–water partition coefficient (Wildman–Crippen LogP) is 3.49. The summed E-state index contributed by atoms with van der Waals surface area (Å²) in [5, 5.41) is 2.86. The van der Waals surface area contributed by atoms with Gasteiger partial charge in [-0.2, -0.15) is 0 Å². The smallest absolute Gasteiger partial charge is 0.317 e. The second-order valence-corrected chi connectivity index (χ2v) is 7.73. The van der Waals surface area contributed by atoms with Gasteiger partial charge in [-0.1, -0.05) is 26.0 Å². The largest absolute Gasteiger partial charge is 0.353 e. The Morgan fingerprint density at radius 1 is 1.14 bits per heavy atom. The van der Waals surface area contributed by atoms with Gasteiger partial charge in [0, 0.05) is 44.7 Å². The molecule has 29 heavy (non-hydrogen) atoms. The molecule has 3 rings (SSSR count). The van der Waals surface area contributed by atoms with E-state index < -0.39 is 0 Å². The lowest BCUT2D eigenvalue weighted by molar-refractivity contribution is 0.195. The number of anilines is 1. The van der Waals surface area contributed by atoms with Crippen molar-refractivity contribution in [3.8, 4) is 0 Å². The molecule has 2 aromatic rings. The lowest BCUT2D eigenvalue weighted by atomic mass is 9.97. The molecule has 156 valence electrons. The SMILES string of the molecule is CCNC(=O)N1CCN(c2nc(C)nc(C(C)C)c2Cc2ccc(F)cc2)CC1. The van der Waals surface area contributed by atoms with Crippen molar-refractivity contribution in [3.63, 3.8) is 0 Å². The zero-order valence-corrected chi connectivity index (χ0v) is 17.7. The van der Waals surface area contributed by atoms with E-state index in [0.717, 1.165) is 41.6 Å². The van der Waals surface area contributed by atoms with Crippen molar-refractivity contribution in [1.82, 2.24) is 20.2 Å². The lowest BCUT2D eigenvalue weighted by Gasteiger charge is -2.36. The van der Waals surface area contributed by atoms with E-state index in [1.54, 1.807) is 0 Å². The molecule has 1 N–H and O–H groups in total. The zero-order valence-electron chi connectivity index (χ0n) is 17.7. The van der Waals surface area contributed by atoms with Crippen LogP contribution in [0.15, 0.2) is 24.3 Å². The van der Waals surface area contributed by atoms with Crippen LogP contribution in [0.3, 0.4) is 0 Å². The monoisotopic (exact) mass is 399 g/mol. The number of carbonyl (C=O) groups is 1. The van der Waals surface area contributed by atoms with Crippen LogP contribution in [-0.2, 0) is 6.42 Å². The molecule has 0 bridgehead atoms. The summed E-state index contributed by atoms with van der Waals surface area (Å²) < 4.78 is 13.3. The Balaban J connectivity index is 1.89. The summed E-state index contributed by atoms with van der Waals surface area (Å²) in [7, 11) is 0. The van der Waals surface area contributed by atoms with Crippen molar-refractivity contribution >= 4 is 11.8 Å². The maximum atomic E-state index is 13.3. The fraction of sp³-hybridized carbons (Fsp3) is 0.500. The highest BCUT2D eigenvalue weighted by molar-refractivity contribution is 5.74. The van der Waals surface area contributed by atoms with Crippen LogP contribution in [0.4, 0.5) is 15.0 Å². The minimum atomic E-state index is -0.236. The number of aromatic nitrogens is 2. The molecule has 1 aromatic heterocycles. The van der Waals surface area contributed by atoms with Crippen LogP contribution in [0, 0.1) is 12.7 Å². The van der Waals surface area contributed by atoms with E-state index in [2.05, 4.69) is 24.1 Å². The number of hydrogen-bond acceptors (Lipinski definition) is 4. The van der Waals surface area contributed by atoms with Crippen LogP contribution >= 0.6 is 0 Å². The number of nitrogens with one attached hydrogen (secondary N) is 1. The van der Waals surface area contributed by atoms with Crippen molar-refractivity contribution in [2.45, 2.75) is 40.0 Å². The van der Waals surface area contributed by atoms with Crippen molar-refractivity contribution in [3.05, 3.63) is 52.7 Å². The first kappa shape index (κ1) is 21.0. The Hall–Kier alpha value is -2.70. The fourth-order valence-electron chi connectivity index (χ4n) is 3.70. The minimum Gasteiger partial charge on any atom is -0.353 e. The van der Waals surface area contributed by atoms with Crippen LogP contribution in [-0.4, -0.2) is 53.6 Å². The number of hydrogen-bond donors (Lipinski definition) is 1. The Morgan fingerprint density at radius 2 is 1.79 bits per heavy atom. The Kier molecular flexibility index (Phi) is 6.67. The second kappa shape index (κ2) is 9.20. The number of carbonyl (C=O) groups excluding carboxylic acids is 1. The van der Waals surface area contributed by atoms with E-state index in [0.29, 0.717) is 26.1 Å². The Labute approximate surface area is 172 Å². The molecule has 2 heterocycles. The van der Waals surface area contributed by atoms with Crippen molar-refractivity contribution in [2.75, 3.05) is 37.6 Å². The molecule has 1 aliphatic rings. The standard InChI is InChI=1S/C22H30FN5O/c1-5-24-22(29)28-12-10-27(11-13-28)21-19(14-17-6-8-18(23)9-7-17)20(15(2)3)25-16(4)26-21/h6-9,15H,5,10-14H2,1-4H3,(H,24,29). The number of urea groups is 1. The number of benzene rings is 1. The first-order valence-electron chi connectivity index (χ1n) is 10.3. The van der Waals surface area contributed by atoms with E-state index in [1.807, 2.05) is 30.9 Å². The number of rotatable bonds is 5. The number of aryl methyl sites for hydroxylation is 1. The normalized spacial score (nSPS) is 14.4. The second-order valence-electron chi connectivity index (χ2n) is 7.73. The third kappa shape index (κ3) is 5.02. The highest BCUT2D eigenvalue weighted by atomic mass is 19.1. The average molecular weight is 400 g/mol. The van der Waals surface area contributed by atoms with Crippen LogP contribution in [0.5, 0.6) is 0 Å². The van der Waals surface area contributed by atoms with Crippen LogP contribution in [0.1, 0.15) is 49.3 Å². The van der Waals surface area contributed by atoms with E-state index >= 15 is 0 Å². The molecule has 0 radical (unpaired) electrons. The molecule has 2 amide bonds. The van der Waals surface area contributed by atoms with Crippen LogP contribution < -0.4 is 10.2 Å². The molecule has 6 nitrogen and oxygen atoms in total. The molecule has 0 saturated carbocycles. The maximum absolute atomic E-state index is 13.3. The van der Waals surface area contributed by atoms with Gasteiger partial charge in [0.2, 0.25) is 0 Å². The summed E-state index contributed by atoms with van der Waals surface area (Å²) in [5.41, 5.74) is 3.15. The third-order valence-corrected chi connectivity index (χ3v) is 5.16. The number of halogens is 1. The summed E-state index contributed by atoms with van der Waals surface area (Å²) in [4.78, 5) is 25.7. The van der Waals surface area contributed by atoms with Gasteiger partial charge in [0.05, 0.1) is 5.69 Å². The lowest BCUT2D eigenvalue weighted by Crippen LogP contribution is -2.52. The molecule has 0 unspecified atom stereocenters. The summed E-state index contributed by atoms with van der Waals surface area (Å²) in [6.45, 7) is 11.5. The summed E-state index contributed by atoms with van der Waals surface area (Å²) >= 11 is 0. The van der Waals surface area contributed by atoms with Crippen molar-refractivity contribution in [2.24, 2.45) is 0 Å². The molecule has 1 aromatic carbocycles. The highest BCUT2D eigenvalue weighted by Crippen LogP contribution is 2.29. The minimum absolute atomic E-state index is 0.0135. The number of piperazine rings is 1. The van der Waals surface area contributed by atoms with E-state index in [1.165, 1.54) is 12.1 Å². The first-order valence-corrected chi connectivity index (χ1v) is 10.3. The summed E-state index contributed by atoms with van der Waals surface area (Å²) in [6.07, 6.45) is 0.653. The van der Waals surface area contributed by atoms with Gasteiger partial charge < -0.3 is 15.1 Å². The molecule has 7 heteroatoms. The van der Waals surface area contributed by atoms with Gasteiger partial charge in [-0.05, 0) is 37.5 Å². The summed E-state index contributed by atoms with van der Waals surface area (Å²) in [6, 6.07) is 6.60. The van der Waals surface area contributed by atoms with Gasteiger partial charge in [0.25, 0.3) is 0 Å². The topological polar surface area (TPSA) is 61.4 Å². The molecule has 0 spiro atoms. The molecule has 1 fully saturated rings. The Bertz CT molecular complexity index is 845. The molecule has 1 aliphatic heterocycles. The quantitative estimate of drug-likeness (QED) is 0.836. The zero-order chi connectivity index (χ0) is 21.0. The summed E-state index contributed by atoms with van der Waals surface area (Å²) in [5.74, 6) is 1.70. The van der Waals surface area contributed by atoms with Crippen LogP contribution in [0.2, 0.25) is 0 Å². The number of nitrogens with zero attached hydrogens (tertiary/aromatic N) is 4. The van der Waals surface area contributed by atoms with Crippen molar-refractivity contribution < 1.29 is 9.18 Å². The fourth-order valence-corrected chi connectivity index (χ4v) is 3.70. The van der Waals surface area contributed by atoms with Gasteiger partial charge in [-0.3, -0.25) is 0 Å². The van der Waals surface area contributed by atoms with Gasteiger partial charge in [-0.15, -0.1) is 0 Å². The maximum Gasteiger partial charge on any atom is 0.317 e.